The number of rotatable bonds is 2. The SMILES string of the molecule is CC(C)(C)OC(=O)n1cc(-c2cnc(N)c(-c3cc4ccc(F)c(Cl)c4cn3)c2)cn1. The Bertz CT molecular complexity index is 1310. The predicted molar refractivity (Wildman–Crippen MR) is 117 cm³/mol. The third-order valence-electron chi connectivity index (χ3n) is 4.48. The molecule has 0 bridgehead atoms. The fourth-order valence-corrected chi connectivity index (χ4v) is 3.24. The van der Waals surface area contributed by atoms with Crippen molar-refractivity contribution < 1.29 is 13.9 Å². The summed E-state index contributed by atoms with van der Waals surface area (Å²) in [6.45, 7) is 5.34. The maximum atomic E-state index is 13.7. The summed E-state index contributed by atoms with van der Waals surface area (Å²) in [5.41, 5.74) is 7.95. The van der Waals surface area contributed by atoms with Crippen molar-refractivity contribution in [2.75, 3.05) is 5.73 Å². The fraction of sp³-hybridized carbons (Fsp3) is 0.182. The molecular weight excluding hydrogens is 421 g/mol. The number of nitrogens with two attached hydrogens (primary N) is 1. The number of anilines is 1. The highest BCUT2D eigenvalue weighted by molar-refractivity contribution is 6.35. The van der Waals surface area contributed by atoms with Crippen molar-refractivity contribution in [2.45, 2.75) is 26.4 Å². The van der Waals surface area contributed by atoms with Crippen LogP contribution in [0.2, 0.25) is 5.02 Å². The van der Waals surface area contributed by atoms with Crippen molar-refractivity contribution in [3.8, 4) is 22.4 Å². The summed E-state index contributed by atoms with van der Waals surface area (Å²) in [6.07, 6.45) is 5.60. The van der Waals surface area contributed by atoms with Gasteiger partial charge < -0.3 is 10.5 Å². The predicted octanol–water partition coefficient (Wildman–Crippen LogP) is 5.32. The lowest BCUT2D eigenvalue weighted by molar-refractivity contribution is 0.0514. The number of hydrogen-bond acceptors (Lipinski definition) is 6. The number of pyridine rings is 2. The maximum Gasteiger partial charge on any atom is 0.435 e. The molecule has 0 spiro atoms. The number of carbonyl (C=O) groups excluding carboxylic acids is 1. The number of nitrogens with zero attached hydrogens (tertiary/aromatic N) is 4. The van der Waals surface area contributed by atoms with E-state index in [4.69, 9.17) is 22.1 Å². The van der Waals surface area contributed by atoms with Crippen molar-refractivity contribution in [3.05, 3.63) is 59.9 Å². The van der Waals surface area contributed by atoms with E-state index in [1.165, 1.54) is 18.5 Å². The number of carbonyl (C=O) groups is 1. The summed E-state index contributed by atoms with van der Waals surface area (Å²) >= 11 is 6.03. The van der Waals surface area contributed by atoms with Gasteiger partial charge in [-0.1, -0.05) is 17.7 Å². The smallest absolute Gasteiger partial charge is 0.435 e. The molecule has 0 unspecified atom stereocenters. The zero-order valence-corrected chi connectivity index (χ0v) is 17.8. The monoisotopic (exact) mass is 439 g/mol. The molecular formula is C22H19ClFN5O2. The van der Waals surface area contributed by atoms with Gasteiger partial charge in [0.2, 0.25) is 0 Å². The number of nitrogen functional groups attached to an aromatic ring is 1. The first-order valence-electron chi connectivity index (χ1n) is 9.40. The van der Waals surface area contributed by atoms with Gasteiger partial charge >= 0.3 is 6.09 Å². The van der Waals surface area contributed by atoms with Gasteiger partial charge in [-0.05, 0) is 44.4 Å². The highest BCUT2D eigenvalue weighted by Gasteiger charge is 2.19. The average Bonchev–Trinajstić information content (AvgIpc) is 3.20. The van der Waals surface area contributed by atoms with Crippen molar-refractivity contribution in [1.82, 2.24) is 19.7 Å². The number of benzene rings is 1. The quantitative estimate of drug-likeness (QED) is 0.454. The van der Waals surface area contributed by atoms with Crippen LogP contribution in [0, 0.1) is 5.82 Å². The van der Waals surface area contributed by atoms with E-state index in [-0.39, 0.29) is 10.8 Å². The van der Waals surface area contributed by atoms with Crippen LogP contribution in [0.3, 0.4) is 0 Å². The number of fused-ring (bicyclic) bond motifs is 1. The molecule has 0 amide bonds. The Morgan fingerprint density at radius 2 is 1.90 bits per heavy atom. The summed E-state index contributed by atoms with van der Waals surface area (Å²) in [7, 11) is 0. The van der Waals surface area contributed by atoms with Gasteiger partial charge in [-0.15, -0.1) is 0 Å². The molecule has 7 nitrogen and oxygen atoms in total. The van der Waals surface area contributed by atoms with E-state index >= 15 is 0 Å². The molecule has 1 aromatic carbocycles. The highest BCUT2D eigenvalue weighted by Crippen LogP contribution is 2.32. The molecule has 0 aliphatic heterocycles. The molecule has 3 heterocycles. The van der Waals surface area contributed by atoms with E-state index in [0.29, 0.717) is 27.8 Å². The molecule has 4 aromatic rings. The molecule has 31 heavy (non-hydrogen) atoms. The van der Waals surface area contributed by atoms with Crippen LogP contribution in [0.1, 0.15) is 20.8 Å². The fourth-order valence-electron chi connectivity index (χ4n) is 3.02. The van der Waals surface area contributed by atoms with Gasteiger partial charge in [0.05, 0.1) is 16.9 Å². The minimum Gasteiger partial charge on any atom is -0.442 e. The molecule has 9 heteroatoms. The number of ether oxygens (including phenoxy) is 1. The Labute approximate surface area is 182 Å². The molecule has 0 radical (unpaired) electrons. The van der Waals surface area contributed by atoms with Gasteiger partial charge in [-0.2, -0.15) is 9.78 Å². The number of halogens is 2. The number of hydrogen-bond donors (Lipinski definition) is 1. The second-order valence-corrected chi connectivity index (χ2v) is 8.34. The normalized spacial score (nSPS) is 11.6. The lowest BCUT2D eigenvalue weighted by Crippen LogP contribution is -2.27. The van der Waals surface area contributed by atoms with E-state index in [1.807, 2.05) is 0 Å². The third-order valence-corrected chi connectivity index (χ3v) is 4.87. The first kappa shape index (κ1) is 20.7. The van der Waals surface area contributed by atoms with E-state index in [0.717, 1.165) is 10.1 Å². The van der Waals surface area contributed by atoms with Gasteiger partial charge in [0.25, 0.3) is 0 Å². The van der Waals surface area contributed by atoms with Gasteiger partial charge in [0.15, 0.2) is 0 Å². The Kier molecular flexibility index (Phi) is 5.10. The number of aromatic nitrogens is 4. The van der Waals surface area contributed by atoms with Crippen LogP contribution in [0.5, 0.6) is 0 Å². The Balaban J connectivity index is 1.71. The topological polar surface area (TPSA) is 95.9 Å². The molecule has 158 valence electrons. The van der Waals surface area contributed by atoms with Crippen LogP contribution in [0.4, 0.5) is 15.0 Å². The highest BCUT2D eigenvalue weighted by atomic mass is 35.5. The summed E-state index contributed by atoms with van der Waals surface area (Å²) in [4.78, 5) is 20.9. The molecule has 4 rings (SSSR count). The molecule has 2 N–H and O–H groups in total. The van der Waals surface area contributed by atoms with Crippen LogP contribution >= 0.6 is 11.6 Å². The molecule has 0 atom stereocenters. The van der Waals surface area contributed by atoms with Crippen molar-refractivity contribution in [1.29, 1.82) is 0 Å². The summed E-state index contributed by atoms with van der Waals surface area (Å²) in [5.74, 6) is -0.225. The van der Waals surface area contributed by atoms with Crippen LogP contribution in [-0.4, -0.2) is 31.4 Å². The minimum atomic E-state index is -0.632. The summed E-state index contributed by atoms with van der Waals surface area (Å²) < 4.78 is 20.1. The van der Waals surface area contributed by atoms with Crippen LogP contribution in [0.25, 0.3) is 33.2 Å². The lowest BCUT2D eigenvalue weighted by atomic mass is 10.0. The van der Waals surface area contributed by atoms with Gasteiger partial charge in [0, 0.05) is 40.7 Å². The molecule has 0 fully saturated rings. The Morgan fingerprint density at radius 1 is 1.13 bits per heavy atom. The standard InChI is InChI=1S/C22H19ClFN5O2/c1-22(2,3)31-21(30)29-11-14(9-28-29)13-6-15(20(25)27-8-13)18-7-12-4-5-17(24)19(23)16(12)10-26-18/h4-11H,1-3H3,(H2,25,27). The zero-order valence-electron chi connectivity index (χ0n) is 17.1. The zero-order chi connectivity index (χ0) is 22.3. The van der Waals surface area contributed by atoms with Crippen LogP contribution < -0.4 is 5.73 Å². The van der Waals surface area contributed by atoms with Crippen LogP contribution in [-0.2, 0) is 4.74 Å². The van der Waals surface area contributed by atoms with E-state index < -0.39 is 17.5 Å². The van der Waals surface area contributed by atoms with E-state index in [1.54, 1.807) is 51.4 Å². The van der Waals surface area contributed by atoms with Crippen molar-refractivity contribution in [3.63, 3.8) is 0 Å². The largest absolute Gasteiger partial charge is 0.442 e. The second-order valence-electron chi connectivity index (χ2n) is 7.96. The first-order chi connectivity index (χ1) is 14.6. The van der Waals surface area contributed by atoms with Crippen molar-refractivity contribution in [2.24, 2.45) is 0 Å². The third kappa shape index (κ3) is 4.20. The van der Waals surface area contributed by atoms with Gasteiger partial charge in [-0.25, -0.2) is 14.2 Å². The molecule has 0 aliphatic carbocycles. The summed E-state index contributed by atoms with van der Waals surface area (Å²) in [6, 6.07) is 6.50. The molecule has 0 saturated heterocycles. The first-order valence-corrected chi connectivity index (χ1v) is 9.78. The summed E-state index contributed by atoms with van der Waals surface area (Å²) in [5, 5.41) is 5.32. The minimum absolute atomic E-state index is 0.0194. The van der Waals surface area contributed by atoms with Gasteiger partial charge in [0.1, 0.15) is 17.2 Å². The molecule has 0 saturated carbocycles. The van der Waals surface area contributed by atoms with E-state index in [2.05, 4.69) is 15.1 Å². The second kappa shape index (κ2) is 7.63. The Morgan fingerprint density at radius 3 is 2.65 bits per heavy atom. The molecule has 0 aliphatic rings. The van der Waals surface area contributed by atoms with Gasteiger partial charge in [-0.3, -0.25) is 4.98 Å². The lowest BCUT2D eigenvalue weighted by Gasteiger charge is -2.18. The average molecular weight is 440 g/mol. The Hall–Kier alpha value is -3.52. The van der Waals surface area contributed by atoms with Crippen molar-refractivity contribution >= 4 is 34.3 Å². The van der Waals surface area contributed by atoms with E-state index in [9.17, 15) is 9.18 Å². The maximum absolute atomic E-state index is 13.7. The van der Waals surface area contributed by atoms with Crippen LogP contribution in [0.15, 0.2) is 49.1 Å². The molecule has 3 aromatic heterocycles.